The van der Waals surface area contributed by atoms with Gasteiger partial charge in [0.2, 0.25) is 0 Å². The van der Waals surface area contributed by atoms with E-state index < -0.39 is 0 Å². The largest absolute Gasteiger partial charge is 0.329 e. The highest BCUT2D eigenvalue weighted by Gasteiger charge is 2.11. The maximum absolute atomic E-state index is 5.65. The molecule has 17 heavy (non-hydrogen) atoms. The number of aryl methyl sites for hydroxylation is 2. The molecule has 0 bridgehead atoms. The van der Waals surface area contributed by atoms with Gasteiger partial charge in [-0.15, -0.1) is 0 Å². The molecule has 2 aromatic rings. The molecule has 1 atom stereocenters. The first kappa shape index (κ1) is 12.5. The Morgan fingerprint density at radius 1 is 1.47 bits per heavy atom. The fourth-order valence-corrected chi connectivity index (χ4v) is 2.64. The molecule has 2 N–H and O–H groups in total. The van der Waals surface area contributed by atoms with Gasteiger partial charge in [-0.2, -0.15) is 0 Å². The van der Waals surface area contributed by atoms with Crippen LogP contribution in [0.4, 0.5) is 0 Å². The van der Waals surface area contributed by atoms with Crippen LogP contribution in [-0.4, -0.2) is 21.3 Å². The second kappa shape index (κ2) is 5.10. The summed E-state index contributed by atoms with van der Waals surface area (Å²) in [6, 6.07) is 6.50. The number of hydrogen-bond acceptors (Lipinski definition) is 3. The summed E-state index contributed by atoms with van der Waals surface area (Å²) >= 11 is 1.74. The number of hydrogen-bond donors (Lipinski definition) is 1. The van der Waals surface area contributed by atoms with Crippen LogP contribution in [-0.2, 0) is 13.5 Å². The van der Waals surface area contributed by atoms with Crippen LogP contribution >= 0.6 is 11.8 Å². The number of thioether (sulfide) groups is 1. The Labute approximate surface area is 106 Å². The van der Waals surface area contributed by atoms with E-state index in [-0.39, 0.29) is 0 Å². The molecule has 3 nitrogen and oxygen atoms in total. The average Bonchev–Trinajstić information content (AvgIpc) is 2.65. The molecular weight excluding hydrogens is 230 g/mol. The van der Waals surface area contributed by atoms with Gasteiger partial charge in [0.25, 0.3) is 0 Å². The van der Waals surface area contributed by atoms with Crippen molar-refractivity contribution in [3.8, 4) is 0 Å². The van der Waals surface area contributed by atoms with Gasteiger partial charge in [-0.1, -0.05) is 31.7 Å². The third-order valence-electron chi connectivity index (χ3n) is 2.95. The molecule has 1 aromatic heterocycles. The molecule has 92 valence electrons. The van der Waals surface area contributed by atoms with Gasteiger partial charge in [0.15, 0.2) is 5.16 Å². The summed E-state index contributed by atoms with van der Waals surface area (Å²) in [6.45, 7) is 4.96. The minimum Gasteiger partial charge on any atom is -0.329 e. The van der Waals surface area contributed by atoms with Crippen LogP contribution < -0.4 is 5.73 Å². The third kappa shape index (κ3) is 2.48. The normalized spacial score (nSPS) is 13.2. The number of aromatic nitrogens is 2. The Hall–Kier alpha value is -1.00. The molecule has 0 radical (unpaired) electrons. The maximum atomic E-state index is 5.65. The molecule has 1 heterocycles. The summed E-state index contributed by atoms with van der Waals surface area (Å²) in [6.07, 6.45) is 1.05. The summed E-state index contributed by atoms with van der Waals surface area (Å²) < 4.78 is 2.14. The first-order chi connectivity index (χ1) is 8.15. The first-order valence-corrected chi connectivity index (χ1v) is 6.85. The molecular formula is C13H19N3S. The van der Waals surface area contributed by atoms with Gasteiger partial charge in [0.05, 0.1) is 11.0 Å². The topological polar surface area (TPSA) is 43.8 Å². The van der Waals surface area contributed by atoms with Gasteiger partial charge < -0.3 is 10.3 Å². The van der Waals surface area contributed by atoms with Crippen LogP contribution in [0.5, 0.6) is 0 Å². The number of rotatable bonds is 4. The number of imidazole rings is 1. The molecule has 0 aliphatic rings. The van der Waals surface area contributed by atoms with E-state index >= 15 is 0 Å². The molecule has 0 spiro atoms. The standard InChI is InChI=1S/C13H19N3S/c1-4-10-5-6-12-11(7-10)15-13(16(12)3)17-9(2)8-14/h5-7,9H,4,8,14H2,1-3H3. The lowest BCUT2D eigenvalue weighted by Crippen LogP contribution is -2.13. The predicted octanol–water partition coefficient (Wildman–Crippen LogP) is 2.58. The van der Waals surface area contributed by atoms with Crippen LogP contribution in [0.15, 0.2) is 23.4 Å². The van der Waals surface area contributed by atoms with E-state index in [0.717, 1.165) is 17.1 Å². The van der Waals surface area contributed by atoms with Crippen LogP contribution in [0.1, 0.15) is 19.4 Å². The van der Waals surface area contributed by atoms with Gasteiger partial charge in [-0.25, -0.2) is 4.98 Å². The molecule has 2 rings (SSSR count). The molecule has 1 aromatic carbocycles. The Bertz CT molecular complexity index is 519. The summed E-state index contributed by atoms with van der Waals surface area (Å²) in [5, 5.41) is 1.45. The highest BCUT2D eigenvalue weighted by Crippen LogP contribution is 2.26. The van der Waals surface area contributed by atoms with Crippen molar-refractivity contribution in [3.05, 3.63) is 23.8 Å². The molecule has 1 unspecified atom stereocenters. The zero-order valence-corrected chi connectivity index (χ0v) is 11.4. The number of nitrogens with zero attached hydrogens (tertiary/aromatic N) is 2. The molecule has 0 aliphatic carbocycles. The minimum absolute atomic E-state index is 0.399. The van der Waals surface area contributed by atoms with E-state index in [1.165, 1.54) is 11.1 Å². The smallest absolute Gasteiger partial charge is 0.169 e. The lowest BCUT2D eigenvalue weighted by Gasteiger charge is -2.07. The highest BCUT2D eigenvalue weighted by molar-refractivity contribution is 7.99. The Balaban J connectivity index is 2.41. The number of nitrogens with two attached hydrogens (primary N) is 1. The summed E-state index contributed by atoms with van der Waals surface area (Å²) in [7, 11) is 2.06. The molecule has 4 heteroatoms. The molecule has 0 saturated carbocycles. The van der Waals surface area contributed by atoms with Gasteiger partial charge >= 0.3 is 0 Å². The Kier molecular flexibility index (Phi) is 3.74. The molecule has 0 amide bonds. The van der Waals surface area contributed by atoms with Crippen LogP contribution in [0.25, 0.3) is 11.0 Å². The summed E-state index contributed by atoms with van der Waals surface area (Å²) in [4.78, 5) is 4.68. The van der Waals surface area contributed by atoms with E-state index in [1.54, 1.807) is 11.8 Å². The zero-order chi connectivity index (χ0) is 12.4. The van der Waals surface area contributed by atoms with Crippen molar-refractivity contribution in [1.82, 2.24) is 9.55 Å². The Morgan fingerprint density at radius 3 is 2.88 bits per heavy atom. The summed E-state index contributed by atoms with van der Waals surface area (Å²) in [5.74, 6) is 0. The SMILES string of the molecule is CCc1ccc2c(c1)nc(SC(C)CN)n2C. The second-order valence-corrected chi connectivity index (χ2v) is 5.70. The van der Waals surface area contributed by atoms with Crippen molar-refractivity contribution in [2.75, 3.05) is 6.54 Å². The average molecular weight is 249 g/mol. The van der Waals surface area contributed by atoms with Crippen molar-refractivity contribution in [2.24, 2.45) is 12.8 Å². The number of fused-ring (bicyclic) bond motifs is 1. The maximum Gasteiger partial charge on any atom is 0.169 e. The van der Waals surface area contributed by atoms with Gasteiger partial charge in [-0.05, 0) is 24.1 Å². The van der Waals surface area contributed by atoms with Crippen molar-refractivity contribution in [3.63, 3.8) is 0 Å². The van der Waals surface area contributed by atoms with Crippen molar-refractivity contribution >= 4 is 22.8 Å². The monoisotopic (exact) mass is 249 g/mol. The van der Waals surface area contributed by atoms with Gasteiger partial charge in [0, 0.05) is 18.8 Å². The highest BCUT2D eigenvalue weighted by atomic mass is 32.2. The van der Waals surface area contributed by atoms with Crippen LogP contribution in [0.3, 0.4) is 0 Å². The van der Waals surface area contributed by atoms with E-state index in [2.05, 4.69) is 48.6 Å². The van der Waals surface area contributed by atoms with Crippen LogP contribution in [0.2, 0.25) is 0 Å². The predicted molar refractivity (Wildman–Crippen MR) is 74.5 cm³/mol. The lowest BCUT2D eigenvalue weighted by atomic mass is 10.1. The fourth-order valence-electron chi connectivity index (χ4n) is 1.78. The summed E-state index contributed by atoms with van der Waals surface area (Å²) in [5.41, 5.74) is 9.26. The van der Waals surface area contributed by atoms with Crippen LogP contribution in [0, 0.1) is 0 Å². The molecule has 0 fully saturated rings. The van der Waals surface area contributed by atoms with Crippen molar-refractivity contribution in [1.29, 1.82) is 0 Å². The van der Waals surface area contributed by atoms with E-state index in [4.69, 9.17) is 5.73 Å². The van der Waals surface area contributed by atoms with Crippen molar-refractivity contribution < 1.29 is 0 Å². The molecule has 0 saturated heterocycles. The van der Waals surface area contributed by atoms with E-state index in [0.29, 0.717) is 11.8 Å². The van der Waals surface area contributed by atoms with Gasteiger partial charge in [-0.3, -0.25) is 0 Å². The van der Waals surface area contributed by atoms with Crippen molar-refractivity contribution in [2.45, 2.75) is 30.7 Å². The quantitative estimate of drug-likeness (QED) is 0.847. The molecule has 0 aliphatic heterocycles. The Morgan fingerprint density at radius 2 is 2.24 bits per heavy atom. The van der Waals surface area contributed by atoms with E-state index in [1.807, 2.05) is 0 Å². The second-order valence-electron chi connectivity index (χ2n) is 4.29. The fraction of sp³-hybridized carbons (Fsp3) is 0.462. The lowest BCUT2D eigenvalue weighted by molar-refractivity contribution is 0.807. The van der Waals surface area contributed by atoms with Gasteiger partial charge in [0.1, 0.15) is 0 Å². The third-order valence-corrected chi connectivity index (χ3v) is 4.12. The zero-order valence-electron chi connectivity index (χ0n) is 10.6. The minimum atomic E-state index is 0.399. The van der Waals surface area contributed by atoms with E-state index in [9.17, 15) is 0 Å². The number of benzene rings is 1. The first-order valence-electron chi connectivity index (χ1n) is 5.97.